The third kappa shape index (κ3) is 5.38. The van der Waals surface area contributed by atoms with E-state index >= 15 is 0 Å². The molecule has 3 aliphatic rings. The lowest BCUT2D eigenvalue weighted by molar-refractivity contribution is -0.132. The molecule has 7 nitrogen and oxygen atoms in total. The van der Waals surface area contributed by atoms with Gasteiger partial charge in [-0.05, 0) is 58.6 Å². The first-order valence-corrected chi connectivity index (χ1v) is 12.4. The first kappa shape index (κ1) is 23.3. The van der Waals surface area contributed by atoms with Crippen molar-refractivity contribution in [2.45, 2.75) is 64.1 Å². The molecule has 0 aliphatic carbocycles. The third-order valence-corrected chi connectivity index (χ3v) is 7.45. The Morgan fingerprint density at radius 1 is 1.16 bits per heavy atom. The molecule has 1 unspecified atom stereocenters. The zero-order valence-electron chi connectivity index (χ0n) is 20.0. The number of hydrogen-bond acceptors (Lipinski definition) is 5. The number of piperazine rings is 1. The van der Waals surface area contributed by atoms with Crippen molar-refractivity contribution in [2.24, 2.45) is 0 Å². The van der Waals surface area contributed by atoms with Crippen LogP contribution >= 0.6 is 0 Å². The third-order valence-electron chi connectivity index (χ3n) is 7.45. The van der Waals surface area contributed by atoms with Gasteiger partial charge in [0.2, 0.25) is 0 Å². The summed E-state index contributed by atoms with van der Waals surface area (Å²) in [5.41, 5.74) is 0.659. The van der Waals surface area contributed by atoms with Gasteiger partial charge in [0.15, 0.2) is 0 Å². The van der Waals surface area contributed by atoms with E-state index in [4.69, 9.17) is 9.47 Å². The van der Waals surface area contributed by atoms with Crippen LogP contribution in [-0.4, -0.2) is 90.9 Å². The second kappa shape index (κ2) is 10.4. The van der Waals surface area contributed by atoms with Crippen molar-refractivity contribution >= 4 is 11.7 Å². The van der Waals surface area contributed by atoms with Crippen LogP contribution in [0.5, 0.6) is 5.75 Å². The highest BCUT2D eigenvalue weighted by Gasteiger charge is 2.43. The van der Waals surface area contributed by atoms with E-state index in [9.17, 15) is 4.79 Å². The van der Waals surface area contributed by atoms with Gasteiger partial charge in [-0.3, -0.25) is 9.80 Å². The summed E-state index contributed by atoms with van der Waals surface area (Å²) < 4.78 is 12.0. The molecule has 178 valence electrons. The minimum absolute atomic E-state index is 0.0517. The van der Waals surface area contributed by atoms with Crippen LogP contribution in [0.4, 0.5) is 10.5 Å². The van der Waals surface area contributed by atoms with Crippen molar-refractivity contribution in [3.05, 3.63) is 24.3 Å². The van der Waals surface area contributed by atoms with E-state index in [1.54, 1.807) is 0 Å². The number of amides is 2. The molecule has 3 fully saturated rings. The van der Waals surface area contributed by atoms with Gasteiger partial charge < -0.3 is 19.7 Å². The molecule has 32 heavy (non-hydrogen) atoms. The Labute approximate surface area is 193 Å². The molecule has 7 heteroatoms. The summed E-state index contributed by atoms with van der Waals surface area (Å²) in [7, 11) is 0. The van der Waals surface area contributed by atoms with Gasteiger partial charge in [0.05, 0.1) is 17.9 Å². The van der Waals surface area contributed by atoms with Gasteiger partial charge in [-0.2, -0.15) is 0 Å². The molecule has 0 radical (unpaired) electrons. The van der Waals surface area contributed by atoms with E-state index in [0.29, 0.717) is 24.4 Å². The van der Waals surface area contributed by atoms with Crippen LogP contribution in [0.1, 0.15) is 46.5 Å². The number of rotatable bonds is 5. The molecule has 1 atom stereocenters. The van der Waals surface area contributed by atoms with E-state index in [-0.39, 0.29) is 11.6 Å². The maximum absolute atomic E-state index is 12.9. The van der Waals surface area contributed by atoms with Gasteiger partial charge in [-0.1, -0.05) is 12.1 Å². The Morgan fingerprint density at radius 2 is 1.88 bits per heavy atom. The SMILES string of the molecule is CCOc1ccccc1NC(=O)N1CCC2(CC1)CC(N1CCN(C(C)C)CC1)CCO2. The summed E-state index contributed by atoms with van der Waals surface area (Å²) in [6.45, 7) is 14.1. The number of benzene rings is 1. The number of carbonyl (C=O) groups excluding carboxylic acids is 1. The number of para-hydroxylation sites is 2. The first-order chi connectivity index (χ1) is 15.5. The number of hydrogen-bond donors (Lipinski definition) is 1. The van der Waals surface area contributed by atoms with Gasteiger partial charge in [0, 0.05) is 58.0 Å². The molecular weight excluding hydrogens is 404 g/mol. The van der Waals surface area contributed by atoms with Crippen LogP contribution in [0.25, 0.3) is 0 Å². The average Bonchev–Trinajstić information content (AvgIpc) is 2.81. The lowest BCUT2D eigenvalue weighted by Crippen LogP contribution is -2.58. The molecule has 0 aromatic heterocycles. The van der Waals surface area contributed by atoms with Crippen LogP contribution < -0.4 is 10.1 Å². The monoisotopic (exact) mass is 444 g/mol. The number of nitrogens with zero attached hydrogens (tertiary/aromatic N) is 3. The molecule has 2 amide bonds. The highest BCUT2D eigenvalue weighted by Crippen LogP contribution is 2.37. The van der Waals surface area contributed by atoms with Crippen LogP contribution in [0.2, 0.25) is 0 Å². The fraction of sp³-hybridized carbons (Fsp3) is 0.720. The number of piperidine rings is 1. The number of anilines is 1. The maximum atomic E-state index is 12.9. The number of nitrogens with one attached hydrogen (secondary N) is 1. The molecule has 4 rings (SSSR count). The number of likely N-dealkylation sites (tertiary alicyclic amines) is 1. The van der Waals surface area contributed by atoms with E-state index in [2.05, 4.69) is 29.0 Å². The highest BCUT2D eigenvalue weighted by molar-refractivity contribution is 5.91. The van der Waals surface area contributed by atoms with Crippen LogP contribution in [0.15, 0.2) is 24.3 Å². The summed E-state index contributed by atoms with van der Waals surface area (Å²) in [6.07, 6.45) is 4.05. The summed E-state index contributed by atoms with van der Waals surface area (Å²) >= 11 is 0. The van der Waals surface area contributed by atoms with Crippen molar-refractivity contribution in [1.82, 2.24) is 14.7 Å². The Kier molecular flexibility index (Phi) is 7.59. The van der Waals surface area contributed by atoms with Crippen molar-refractivity contribution in [2.75, 3.05) is 57.8 Å². The lowest BCUT2D eigenvalue weighted by Gasteiger charge is -2.50. The fourth-order valence-electron chi connectivity index (χ4n) is 5.44. The molecule has 3 heterocycles. The Balaban J connectivity index is 1.29. The molecule has 1 aromatic rings. The van der Waals surface area contributed by atoms with Gasteiger partial charge in [-0.25, -0.2) is 4.79 Å². The highest BCUT2D eigenvalue weighted by atomic mass is 16.5. The molecular formula is C25H40N4O3. The average molecular weight is 445 g/mol. The first-order valence-electron chi connectivity index (χ1n) is 12.4. The lowest BCUT2D eigenvalue weighted by atomic mass is 9.81. The largest absolute Gasteiger partial charge is 0.492 e. The predicted octanol–water partition coefficient (Wildman–Crippen LogP) is 3.66. The standard InChI is InChI=1S/C25H40N4O3/c1-4-31-23-8-6-5-7-22(23)26-24(30)29-12-10-25(11-13-29)19-21(9-18-32-25)28-16-14-27(15-17-28)20(2)3/h5-8,20-21H,4,9-19H2,1-3H3,(H,26,30). The second-order valence-electron chi connectivity index (χ2n) is 9.69. The Hall–Kier alpha value is -1.83. The number of urea groups is 1. The topological polar surface area (TPSA) is 57.3 Å². The van der Waals surface area contributed by atoms with Crippen molar-refractivity contribution in [1.29, 1.82) is 0 Å². The van der Waals surface area contributed by atoms with Crippen LogP contribution in [0, 0.1) is 0 Å². The minimum Gasteiger partial charge on any atom is -0.492 e. The minimum atomic E-state index is -0.0713. The van der Waals surface area contributed by atoms with Crippen molar-refractivity contribution in [3.8, 4) is 5.75 Å². The van der Waals surface area contributed by atoms with Gasteiger partial charge >= 0.3 is 6.03 Å². The van der Waals surface area contributed by atoms with E-state index in [1.165, 1.54) is 13.1 Å². The van der Waals surface area contributed by atoms with Gasteiger partial charge in [0.1, 0.15) is 5.75 Å². The van der Waals surface area contributed by atoms with E-state index in [1.807, 2.05) is 36.1 Å². The van der Waals surface area contributed by atoms with Crippen molar-refractivity contribution in [3.63, 3.8) is 0 Å². The van der Waals surface area contributed by atoms with Crippen molar-refractivity contribution < 1.29 is 14.3 Å². The number of ether oxygens (including phenoxy) is 2. The summed E-state index contributed by atoms with van der Waals surface area (Å²) in [4.78, 5) is 20.1. The van der Waals surface area contributed by atoms with E-state index in [0.717, 1.165) is 64.2 Å². The zero-order valence-corrected chi connectivity index (χ0v) is 20.0. The maximum Gasteiger partial charge on any atom is 0.321 e. The summed E-state index contributed by atoms with van der Waals surface area (Å²) in [5.74, 6) is 0.716. The Morgan fingerprint density at radius 3 is 2.56 bits per heavy atom. The number of carbonyl (C=O) groups is 1. The molecule has 1 N–H and O–H groups in total. The molecule has 0 saturated carbocycles. The normalized spacial score (nSPS) is 24.6. The molecule has 1 aromatic carbocycles. The van der Waals surface area contributed by atoms with E-state index < -0.39 is 0 Å². The molecule has 0 bridgehead atoms. The Bertz CT molecular complexity index is 755. The summed E-state index contributed by atoms with van der Waals surface area (Å²) in [5, 5.41) is 3.04. The van der Waals surface area contributed by atoms with Gasteiger partial charge in [-0.15, -0.1) is 0 Å². The van der Waals surface area contributed by atoms with Crippen LogP contribution in [0.3, 0.4) is 0 Å². The fourth-order valence-corrected chi connectivity index (χ4v) is 5.44. The second-order valence-corrected chi connectivity index (χ2v) is 9.69. The molecule has 1 spiro atoms. The smallest absolute Gasteiger partial charge is 0.321 e. The predicted molar refractivity (Wildman–Crippen MR) is 127 cm³/mol. The molecule has 3 saturated heterocycles. The zero-order chi connectivity index (χ0) is 22.6. The summed E-state index contributed by atoms with van der Waals surface area (Å²) in [6, 6.07) is 8.81. The van der Waals surface area contributed by atoms with Crippen LogP contribution in [-0.2, 0) is 4.74 Å². The molecule has 3 aliphatic heterocycles. The van der Waals surface area contributed by atoms with Gasteiger partial charge in [0.25, 0.3) is 0 Å². The quantitative estimate of drug-likeness (QED) is 0.751.